The third kappa shape index (κ3) is 5.08. The highest BCUT2D eigenvalue weighted by Crippen LogP contribution is 2.16. The first-order valence-electron chi connectivity index (χ1n) is 7.39. The molecule has 0 radical (unpaired) electrons. The van der Waals surface area contributed by atoms with Gasteiger partial charge < -0.3 is 21.5 Å². The average Bonchev–Trinajstić information content (AvgIpc) is 2.61. The van der Waals surface area contributed by atoms with E-state index < -0.39 is 16.0 Å². The third-order valence-corrected chi connectivity index (χ3v) is 4.54. The number of nitrogens with one attached hydrogen (secondary N) is 1. The number of hydrogen-bond acceptors (Lipinski definition) is 5. The van der Waals surface area contributed by atoms with Crippen molar-refractivity contribution in [3.05, 3.63) is 66.4 Å². The molecule has 0 atom stereocenters. The number of rotatable bonds is 7. The molecule has 0 amide bonds. The second-order valence-corrected chi connectivity index (χ2v) is 6.69. The van der Waals surface area contributed by atoms with Crippen molar-refractivity contribution in [1.29, 1.82) is 0 Å². The van der Waals surface area contributed by atoms with Gasteiger partial charge in [0.1, 0.15) is 5.75 Å². The zero-order valence-electron chi connectivity index (χ0n) is 13.9. The summed E-state index contributed by atoms with van der Waals surface area (Å²) < 4.78 is 31.9. The molecule has 5 N–H and O–H groups in total. The van der Waals surface area contributed by atoms with Gasteiger partial charge in [0.05, 0.1) is 12.0 Å². The van der Waals surface area contributed by atoms with Crippen LogP contribution in [0.15, 0.2) is 70.1 Å². The topological polar surface area (TPSA) is 137 Å². The number of hydrogen-bond donors (Lipinski definition) is 3. The summed E-state index contributed by atoms with van der Waals surface area (Å²) in [5.41, 5.74) is 11.3. The predicted octanol–water partition coefficient (Wildman–Crippen LogP) is 1.47. The summed E-state index contributed by atoms with van der Waals surface area (Å²) in [7, 11) is -2.40. The van der Waals surface area contributed by atoms with Gasteiger partial charge in [0.25, 0.3) is 10.0 Å². The van der Waals surface area contributed by atoms with Crippen molar-refractivity contribution >= 4 is 27.5 Å². The fraction of sp³-hybridized carbons (Fsp3) is 0.0588. The van der Waals surface area contributed by atoms with Crippen LogP contribution in [0.25, 0.3) is 0 Å². The van der Waals surface area contributed by atoms with Gasteiger partial charge in [-0.15, -0.1) is 4.40 Å². The van der Waals surface area contributed by atoms with Crippen molar-refractivity contribution in [2.45, 2.75) is 4.90 Å². The second-order valence-electron chi connectivity index (χ2n) is 5.09. The van der Waals surface area contributed by atoms with E-state index in [0.717, 1.165) is 0 Å². The van der Waals surface area contributed by atoms with Gasteiger partial charge in [-0.2, -0.15) is 8.42 Å². The highest BCUT2D eigenvalue weighted by Gasteiger charge is 2.12. The average molecular weight is 374 g/mol. The number of carbonyl (C=O) groups is 1. The first-order valence-corrected chi connectivity index (χ1v) is 8.83. The van der Waals surface area contributed by atoms with Crippen LogP contribution in [0.5, 0.6) is 5.75 Å². The maximum Gasteiger partial charge on any atom is 0.285 e. The van der Waals surface area contributed by atoms with E-state index in [4.69, 9.17) is 16.2 Å². The molecule has 0 aliphatic carbocycles. The lowest BCUT2D eigenvalue weighted by Gasteiger charge is -2.03. The van der Waals surface area contributed by atoms with E-state index in [0.29, 0.717) is 17.0 Å². The van der Waals surface area contributed by atoms with Crippen LogP contribution in [0.4, 0.5) is 5.69 Å². The number of carbonyl (C=O) groups excluding carboxylic acids is 1. The molecule has 0 aliphatic rings. The molecule has 8 nitrogen and oxygen atoms in total. The van der Waals surface area contributed by atoms with E-state index in [1.807, 2.05) is 0 Å². The van der Waals surface area contributed by atoms with Gasteiger partial charge in [-0.3, -0.25) is 4.79 Å². The van der Waals surface area contributed by atoms with Crippen LogP contribution < -0.4 is 21.5 Å². The second kappa shape index (κ2) is 8.17. The summed E-state index contributed by atoms with van der Waals surface area (Å²) in [6.07, 6.45) is 2.82. The Balaban J connectivity index is 2.04. The molecular formula is C17H18N4O4S. The van der Waals surface area contributed by atoms with Gasteiger partial charge in [-0.1, -0.05) is 12.1 Å². The Hall–Kier alpha value is -3.33. The number of ether oxygens (including phenoxy) is 1. The van der Waals surface area contributed by atoms with Crippen molar-refractivity contribution in [2.24, 2.45) is 15.9 Å². The number of sulfonamides is 1. The summed E-state index contributed by atoms with van der Waals surface area (Å²) in [6, 6.07) is 12.5. The molecule has 9 heteroatoms. The number of guanidine groups is 1. The first-order chi connectivity index (χ1) is 12.3. The lowest BCUT2D eigenvalue weighted by Crippen LogP contribution is -2.24. The SMILES string of the molecule is COc1cccc(C(=O)/C=C/Nc2ccc(S(=O)(=O)N=C(N)N)cc2)c1. The van der Waals surface area contributed by atoms with Gasteiger partial charge in [-0.25, -0.2) is 0 Å². The molecule has 2 aromatic rings. The summed E-state index contributed by atoms with van der Waals surface area (Å²) in [4.78, 5) is 12.0. The molecule has 0 saturated heterocycles. The minimum absolute atomic E-state index is 0.0483. The predicted molar refractivity (Wildman–Crippen MR) is 99.5 cm³/mol. The van der Waals surface area contributed by atoms with Crippen molar-refractivity contribution in [3.8, 4) is 5.75 Å². The van der Waals surface area contributed by atoms with Crippen LogP contribution in [0, 0.1) is 0 Å². The molecular weight excluding hydrogens is 356 g/mol. The molecule has 136 valence electrons. The van der Waals surface area contributed by atoms with Crippen molar-refractivity contribution in [2.75, 3.05) is 12.4 Å². The normalized spacial score (nSPS) is 11.1. The number of benzene rings is 2. The van der Waals surface area contributed by atoms with Crippen LogP contribution in [-0.4, -0.2) is 27.3 Å². The number of ketones is 1. The Kier molecular flexibility index (Phi) is 5.97. The van der Waals surface area contributed by atoms with Crippen molar-refractivity contribution in [3.63, 3.8) is 0 Å². The highest BCUT2D eigenvalue weighted by molar-refractivity contribution is 7.90. The van der Waals surface area contributed by atoms with Crippen molar-refractivity contribution < 1.29 is 17.9 Å². The zero-order valence-corrected chi connectivity index (χ0v) is 14.7. The van der Waals surface area contributed by atoms with Gasteiger partial charge >= 0.3 is 0 Å². The van der Waals surface area contributed by atoms with Crippen LogP contribution >= 0.6 is 0 Å². The maximum atomic E-state index is 12.1. The van der Waals surface area contributed by atoms with Crippen LogP contribution in [0.3, 0.4) is 0 Å². The van der Waals surface area contributed by atoms with Crippen molar-refractivity contribution in [1.82, 2.24) is 0 Å². The number of allylic oxidation sites excluding steroid dienone is 1. The van der Waals surface area contributed by atoms with Crippen LogP contribution in [0.1, 0.15) is 10.4 Å². The largest absolute Gasteiger partial charge is 0.497 e. The number of methoxy groups -OCH3 is 1. The molecule has 0 heterocycles. The van der Waals surface area contributed by atoms with E-state index in [1.165, 1.54) is 43.7 Å². The Morgan fingerprint density at radius 1 is 1.15 bits per heavy atom. The van der Waals surface area contributed by atoms with E-state index in [2.05, 4.69) is 9.71 Å². The molecule has 0 unspecified atom stereocenters. The molecule has 0 bridgehead atoms. The maximum absolute atomic E-state index is 12.1. The molecule has 0 saturated carbocycles. The third-order valence-electron chi connectivity index (χ3n) is 3.22. The zero-order chi connectivity index (χ0) is 19.2. The quantitative estimate of drug-likeness (QED) is 0.289. The molecule has 0 fully saturated rings. The van der Waals surface area contributed by atoms with E-state index >= 15 is 0 Å². The molecule has 0 aromatic heterocycles. The fourth-order valence-electron chi connectivity index (χ4n) is 2.00. The fourth-order valence-corrected chi connectivity index (χ4v) is 2.86. The molecule has 2 aromatic carbocycles. The van der Waals surface area contributed by atoms with Crippen LogP contribution in [0.2, 0.25) is 0 Å². The van der Waals surface area contributed by atoms with E-state index in [9.17, 15) is 13.2 Å². The van der Waals surface area contributed by atoms with E-state index in [-0.39, 0.29) is 10.7 Å². The van der Waals surface area contributed by atoms with Crippen LogP contribution in [-0.2, 0) is 10.0 Å². The smallest absolute Gasteiger partial charge is 0.285 e. The molecule has 0 aliphatic heterocycles. The Labute approximate surface area is 151 Å². The molecule has 2 rings (SSSR count). The van der Waals surface area contributed by atoms with Gasteiger partial charge in [0.15, 0.2) is 5.78 Å². The van der Waals surface area contributed by atoms with Gasteiger partial charge in [0.2, 0.25) is 5.96 Å². The minimum Gasteiger partial charge on any atom is -0.497 e. The first kappa shape index (κ1) is 19.0. The Bertz CT molecular complexity index is 947. The number of nitrogens with zero attached hydrogens (tertiary/aromatic N) is 1. The summed E-state index contributed by atoms with van der Waals surface area (Å²) in [5.74, 6) is -0.149. The molecule has 26 heavy (non-hydrogen) atoms. The lowest BCUT2D eigenvalue weighted by molar-refractivity contribution is 0.104. The number of anilines is 1. The minimum atomic E-state index is -3.93. The lowest BCUT2D eigenvalue weighted by atomic mass is 10.1. The summed E-state index contributed by atoms with van der Waals surface area (Å²) >= 11 is 0. The van der Waals surface area contributed by atoms with Gasteiger partial charge in [-0.05, 0) is 36.4 Å². The summed E-state index contributed by atoms with van der Waals surface area (Å²) in [6.45, 7) is 0. The Morgan fingerprint density at radius 2 is 1.85 bits per heavy atom. The number of nitrogens with two attached hydrogens (primary N) is 2. The molecule has 0 spiro atoms. The Morgan fingerprint density at radius 3 is 2.46 bits per heavy atom. The highest BCUT2D eigenvalue weighted by atomic mass is 32.2. The van der Waals surface area contributed by atoms with Gasteiger partial charge in [0, 0.05) is 23.5 Å². The standard InChI is InChI=1S/C17H18N4O4S/c1-25-14-4-2-3-12(11-14)16(22)9-10-20-13-5-7-15(8-6-13)26(23,24)21-17(18)19/h2-11,20H,1H3,(H4,18,19,21)/b10-9+. The monoisotopic (exact) mass is 374 g/mol. The summed E-state index contributed by atoms with van der Waals surface area (Å²) in [5, 5.41) is 2.88. The van der Waals surface area contributed by atoms with E-state index in [1.54, 1.807) is 24.3 Å².